The summed E-state index contributed by atoms with van der Waals surface area (Å²) in [6.07, 6.45) is 1.45. The summed E-state index contributed by atoms with van der Waals surface area (Å²) in [7, 11) is 0. The number of phenolic OH excluding ortho intramolecular Hbond substituents is 1. The van der Waals surface area contributed by atoms with Crippen LogP contribution in [0.4, 0.5) is 0 Å². The minimum atomic E-state index is -0.789. The van der Waals surface area contributed by atoms with Gasteiger partial charge in [0.05, 0.1) is 5.56 Å². The summed E-state index contributed by atoms with van der Waals surface area (Å²) in [5, 5.41) is 27.1. The molecule has 2 rings (SSSR count). The number of benzene rings is 2. The van der Waals surface area contributed by atoms with Crippen LogP contribution in [0.3, 0.4) is 0 Å². The zero-order valence-corrected chi connectivity index (χ0v) is 11.4. The lowest BCUT2D eigenvalue weighted by Gasteiger charge is -2.06. The van der Waals surface area contributed by atoms with Crippen molar-refractivity contribution in [2.24, 2.45) is 0 Å². The van der Waals surface area contributed by atoms with Gasteiger partial charge >= 0.3 is 5.97 Å². The third-order valence-corrected chi connectivity index (χ3v) is 3.23. The number of rotatable bonds is 5. The lowest BCUT2D eigenvalue weighted by molar-refractivity contribution is -0.137. The van der Waals surface area contributed by atoms with Gasteiger partial charge in [-0.05, 0) is 41.7 Å². The van der Waals surface area contributed by atoms with Gasteiger partial charge in [0.1, 0.15) is 11.8 Å². The molecule has 0 aromatic heterocycles. The maximum absolute atomic E-state index is 10.5. The minimum absolute atomic E-state index is 0.0288. The van der Waals surface area contributed by atoms with E-state index in [4.69, 9.17) is 10.4 Å². The molecular weight excluding hydrogens is 266 g/mol. The number of carboxylic acids is 1. The number of phenols is 1. The Balaban J connectivity index is 2.21. The summed E-state index contributed by atoms with van der Waals surface area (Å²) in [6.45, 7) is 0. The van der Waals surface area contributed by atoms with Crippen molar-refractivity contribution in [2.75, 3.05) is 0 Å². The van der Waals surface area contributed by atoms with Crippen LogP contribution in [0, 0.1) is 11.3 Å². The van der Waals surface area contributed by atoms with Gasteiger partial charge in [-0.25, -0.2) is 0 Å². The van der Waals surface area contributed by atoms with Gasteiger partial charge in [-0.3, -0.25) is 4.79 Å². The summed E-state index contributed by atoms with van der Waals surface area (Å²) in [5.41, 5.74) is 3.09. The van der Waals surface area contributed by atoms with Crippen molar-refractivity contribution in [3.63, 3.8) is 0 Å². The topological polar surface area (TPSA) is 81.3 Å². The molecule has 0 fully saturated rings. The summed E-state index contributed by atoms with van der Waals surface area (Å²) in [4.78, 5) is 10.5. The van der Waals surface area contributed by atoms with Gasteiger partial charge in [0.25, 0.3) is 0 Å². The van der Waals surface area contributed by atoms with Crippen molar-refractivity contribution in [3.8, 4) is 22.9 Å². The fourth-order valence-electron chi connectivity index (χ4n) is 2.16. The molecule has 0 amide bonds. The van der Waals surface area contributed by atoms with E-state index in [0.717, 1.165) is 16.7 Å². The first-order chi connectivity index (χ1) is 10.1. The average molecular weight is 281 g/mol. The van der Waals surface area contributed by atoms with Gasteiger partial charge in [0, 0.05) is 6.42 Å². The van der Waals surface area contributed by atoms with Crippen molar-refractivity contribution in [3.05, 3.63) is 53.6 Å². The smallest absolute Gasteiger partial charge is 0.303 e. The predicted octanol–water partition coefficient (Wildman–Crippen LogP) is 3.34. The second kappa shape index (κ2) is 6.58. The van der Waals surface area contributed by atoms with Crippen molar-refractivity contribution in [1.29, 1.82) is 5.26 Å². The van der Waals surface area contributed by atoms with E-state index in [1.54, 1.807) is 12.1 Å². The Morgan fingerprint density at radius 3 is 2.62 bits per heavy atom. The molecule has 0 saturated heterocycles. The van der Waals surface area contributed by atoms with Crippen LogP contribution in [0.15, 0.2) is 42.5 Å². The molecule has 0 saturated carbocycles. The number of carboxylic acid groups (broad SMARTS) is 1. The molecule has 0 unspecified atom stereocenters. The van der Waals surface area contributed by atoms with Gasteiger partial charge in [0.15, 0.2) is 0 Å². The van der Waals surface area contributed by atoms with Crippen molar-refractivity contribution < 1.29 is 15.0 Å². The van der Waals surface area contributed by atoms with Crippen molar-refractivity contribution >= 4 is 5.97 Å². The molecule has 2 aromatic rings. The SMILES string of the molecule is N#Cc1cc(-c2cccc(CCCC(=O)O)c2)ccc1O. The largest absolute Gasteiger partial charge is 0.507 e. The van der Waals surface area contributed by atoms with E-state index in [0.29, 0.717) is 12.8 Å². The molecule has 106 valence electrons. The second-order valence-corrected chi connectivity index (χ2v) is 4.79. The lowest BCUT2D eigenvalue weighted by Crippen LogP contribution is -1.96. The molecule has 4 heteroatoms. The lowest BCUT2D eigenvalue weighted by atomic mass is 9.99. The van der Waals surface area contributed by atoms with Crippen molar-refractivity contribution in [1.82, 2.24) is 0 Å². The van der Waals surface area contributed by atoms with E-state index in [-0.39, 0.29) is 17.7 Å². The minimum Gasteiger partial charge on any atom is -0.507 e. The molecule has 2 aromatic carbocycles. The van der Waals surface area contributed by atoms with Crippen LogP contribution in [0.25, 0.3) is 11.1 Å². The highest BCUT2D eigenvalue weighted by atomic mass is 16.4. The van der Waals surface area contributed by atoms with Gasteiger partial charge in [-0.1, -0.05) is 30.3 Å². The molecule has 0 bridgehead atoms. The molecular formula is C17H15NO3. The van der Waals surface area contributed by atoms with E-state index in [1.165, 1.54) is 6.07 Å². The fraction of sp³-hybridized carbons (Fsp3) is 0.176. The third-order valence-electron chi connectivity index (χ3n) is 3.23. The van der Waals surface area contributed by atoms with Crippen LogP contribution in [0.2, 0.25) is 0 Å². The Morgan fingerprint density at radius 2 is 1.90 bits per heavy atom. The van der Waals surface area contributed by atoms with E-state index in [2.05, 4.69) is 0 Å². The Hall–Kier alpha value is -2.80. The van der Waals surface area contributed by atoms with Gasteiger partial charge < -0.3 is 10.2 Å². The van der Waals surface area contributed by atoms with Crippen LogP contribution in [0.1, 0.15) is 24.0 Å². The maximum atomic E-state index is 10.5. The van der Waals surface area contributed by atoms with Gasteiger partial charge in [-0.2, -0.15) is 5.26 Å². The first kappa shape index (κ1) is 14.6. The first-order valence-corrected chi connectivity index (χ1v) is 6.64. The van der Waals surface area contributed by atoms with E-state index >= 15 is 0 Å². The van der Waals surface area contributed by atoms with E-state index < -0.39 is 5.97 Å². The molecule has 0 heterocycles. The Bertz CT molecular complexity index is 701. The van der Waals surface area contributed by atoms with Crippen LogP contribution in [-0.2, 0) is 11.2 Å². The molecule has 21 heavy (non-hydrogen) atoms. The standard InChI is InChI=1S/C17H15NO3/c18-11-15-10-14(7-8-16(15)19)13-5-1-3-12(9-13)4-2-6-17(20)21/h1,3,5,7-10,19H,2,4,6H2,(H,20,21). The zero-order chi connectivity index (χ0) is 15.2. The highest BCUT2D eigenvalue weighted by Crippen LogP contribution is 2.26. The third kappa shape index (κ3) is 3.83. The Morgan fingerprint density at radius 1 is 1.14 bits per heavy atom. The Labute approximate surface area is 122 Å². The van der Waals surface area contributed by atoms with Crippen LogP contribution in [0.5, 0.6) is 5.75 Å². The number of hydrogen-bond donors (Lipinski definition) is 2. The fourth-order valence-corrected chi connectivity index (χ4v) is 2.16. The first-order valence-electron chi connectivity index (χ1n) is 6.64. The number of aliphatic carboxylic acids is 1. The van der Waals surface area contributed by atoms with Crippen LogP contribution in [-0.4, -0.2) is 16.2 Å². The number of aryl methyl sites for hydroxylation is 1. The molecule has 0 aliphatic heterocycles. The predicted molar refractivity (Wildman–Crippen MR) is 78.8 cm³/mol. The quantitative estimate of drug-likeness (QED) is 0.880. The van der Waals surface area contributed by atoms with Crippen molar-refractivity contribution in [2.45, 2.75) is 19.3 Å². The number of aromatic hydroxyl groups is 1. The zero-order valence-electron chi connectivity index (χ0n) is 11.4. The van der Waals surface area contributed by atoms with Gasteiger partial charge in [-0.15, -0.1) is 0 Å². The normalized spacial score (nSPS) is 10.0. The number of nitriles is 1. The van der Waals surface area contributed by atoms with E-state index in [1.807, 2.05) is 30.3 Å². The molecule has 0 atom stereocenters. The number of carbonyl (C=O) groups is 1. The highest BCUT2D eigenvalue weighted by molar-refractivity contribution is 5.68. The summed E-state index contributed by atoms with van der Waals surface area (Å²) >= 11 is 0. The summed E-state index contributed by atoms with van der Waals surface area (Å²) in [5.74, 6) is -0.817. The summed E-state index contributed by atoms with van der Waals surface area (Å²) in [6, 6.07) is 14.6. The highest BCUT2D eigenvalue weighted by Gasteiger charge is 2.05. The molecule has 2 N–H and O–H groups in total. The average Bonchev–Trinajstić information content (AvgIpc) is 2.47. The van der Waals surface area contributed by atoms with E-state index in [9.17, 15) is 9.90 Å². The number of nitrogens with zero attached hydrogens (tertiary/aromatic N) is 1. The molecule has 0 spiro atoms. The monoisotopic (exact) mass is 281 g/mol. The van der Waals surface area contributed by atoms with Crippen LogP contribution < -0.4 is 0 Å². The van der Waals surface area contributed by atoms with Gasteiger partial charge in [0.2, 0.25) is 0 Å². The maximum Gasteiger partial charge on any atom is 0.303 e. The second-order valence-electron chi connectivity index (χ2n) is 4.79. The Kier molecular flexibility index (Phi) is 4.57. The molecule has 0 radical (unpaired) electrons. The molecule has 0 aliphatic carbocycles. The number of hydrogen-bond acceptors (Lipinski definition) is 3. The summed E-state index contributed by atoms with van der Waals surface area (Å²) < 4.78 is 0. The van der Waals surface area contributed by atoms with Crippen LogP contribution >= 0.6 is 0 Å². The molecule has 4 nitrogen and oxygen atoms in total. The molecule has 0 aliphatic rings.